The lowest BCUT2D eigenvalue weighted by atomic mass is 9.70. The molecule has 0 bridgehead atoms. The highest BCUT2D eigenvalue weighted by Gasteiger charge is 2.32. The summed E-state index contributed by atoms with van der Waals surface area (Å²) in [6.07, 6.45) is 8.10. The van der Waals surface area contributed by atoms with Crippen LogP contribution in [0.2, 0.25) is 0 Å². The van der Waals surface area contributed by atoms with Crippen molar-refractivity contribution in [2.75, 3.05) is 5.43 Å². The fourth-order valence-electron chi connectivity index (χ4n) is 3.87. The molecule has 0 aromatic heterocycles. The number of non-ortho nitro benzene ring substituents is 1. The van der Waals surface area contributed by atoms with Gasteiger partial charge in [-0.3, -0.25) is 25.7 Å². The minimum absolute atomic E-state index is 0.191. The molecular weight excluding hydrogens is 312 g/mol. The van der Waals surface area contributed by atoms with Crippen LogP contribution in [0.3, 0.4) is 0 Å². The van der Waals surface area contributed by atoms with Crippen molar-refractivity contribution in [3.8, 4) is 0 Å². The van der Waals surface area contributed by atoms with Gasteiger partial charge in [0.05, 0.1) is 15.9 Å². The Bertz CT molecular complexity index is 687. The van der Waals surface area contributed by atoms with E-state index in [0.29, 0.717) is 11.8 Å². The minimum atomic E-state index is -0.642. The largest absolute Gasteiger partial charge is 0.301 e. The summed E-state index contributed by atoms with van der Waals surface area (Å²) >= 11 is 0. The zero-order chi connectivity index (χ0) is 17.1. The lowest BCUT2D eigenvalue weighted by Gasteiger charge is -2.36. The topological polar surface area (TPSA) is 111 Å². The Labute approximate surface area is 139 Å². The molecule has 0 saturated heterocycles. The fraction of sp³-hybridized carbons (Fsp3) is 0.562. The van der Waals surface area contributed by atoms with Gasteiger partial charge in [-0.1, -0.05) is 12.8 Å². The molecule has 0 radical (unpaired) electrons. The molecule has 0 amide bonds. The van der Waals surface area contributed by atoms with Crippen LogP contribution >= 0.6 is 0 Å². The number of anilines is 1. The molecule has 0 spiro atoms. The van der Waals surface area contributed by atoms with Crippen molar-refractivity contribution >= 4 is 22.8 Å². The Hall–Kier alpha value is -2.51. The van der Waals surface area contributed by atoms with E-state index in [9.17, 15) is 20.2 Å². The molecule has 2 fully saturated rings. The van der Waals surface area contributed by atoms with Crippen molar-refractivity contribution < 1.29 is 9.85 Å². The zero-order valence-electron chi connectivity index (χ0n) is 13.3. The smallest absolute Gasteiger partial charge is 0.272 e. The molecule has 2 saturated carbocycles. The second kappa shape index (κ2) is 6.94. The van der Waals surface area contributed by atoms with Crippen molar-refractivity contribution in [2.24, 2.45) is 16.9 Å². The van der Waals surface area contributed by atoms with Gasteiger partial charge >= 0.3 is 5.69 Å². The predicted octanol–water partition coefficient (Wildman–Crippen LogP) is 4.26. The molecule has 2 aliphatic rings. The normalized spacial score (nSPS) is 25.1. The van der Waals surface area contributed by atoms with Gasteiger partial charge in [0.25, 0.3) is 5.69 Å². The van der Waals surface area contributed by atoms with Gasteiger partial charge in [-0.05, 0) is 44.1 Å². The SMILES string of the molecule is O=[N+]([O-])c1ccc(NN=C2CCCC3CCCCC23)c([N+](=O)[O-])c1. The summed E-state index contributed by atoms with van der Waals surface area (Å²) in [7, 11) is 0. The van der Waals surface area contributed by atoms with Gasteiger partial charge in [-0.15, -0.1) is 0 Å². The standard InChI is InChI=1S/C16H20N4O4/c21-19(22)12-8-9-15(16(10-12)20(23)24)18-17-14-7-3-5-11-4-1-2-6-13(11)14/h8-11,13,18H,1-7H2. The highest BCUT2D eigenvalue weighted by Crippen LogP contribution is 2.39. The molecule has 1 aromatic carbocycles. The quantitative estimate of drug-likeness (QED) is 0.654. The summed E-state index contributed by atoms with van der Waals surface area (Å²) in [5.74, 6) is 1.15. The minimum Gasteiger partial charge on any atom is -0.272 e. The van der Waals surface area contributed by atoms with Gasteiger partial charge in [0, 0.05) is 17.7 Å². The third-order valence-electron chi connectivity index (χ3n) is 5.05. The first-order valence-corrected chi connectivity index (χ1v) is 8.31. The third kappa shape index (κ3) is 3.37. The average Bonchev–Trinajstić information content (AvgIpc) is 2.59. The fourth-order valence-corrected chi connectivity index (χ4v) is 3.87. The van der Waals surface area contributed by atoms with E-state index in [4.69, 9.17) is 0 Å². The Morgan fingerprint density at radius 3 is 2.54 bits per heavy atom. The Kier molecular flexibility index (Phi) is 4.73. The Morgan fingerprint density at radius 1 is 1.04 bits per heavy atom. The van der Waals surface area contributed by atoms with Crippen LogP contribution in [-0.2, 0) is 0 Å². The lowest BCUT2D eigenvalue weighted by Crippen LogP contribution is -2.31. The molecule has 2 aliphatic carbocycles. The molecule has 0 aliphatic heterocycles. The van der Waals surface area contributed by atoms with Gasteiger partial charge in [-0.25, -0.2) is 0 Å². The van der Waals surface area contributed by atoms with Crippen molar-refractivity contribution in [3.05, 3.63) is 38.4 Å². The number of rotatable bonds is 4. The van der Waals surface area contributed by atoms with E-state index in [1.807, 2.05) is 0 Å². The van der Waals surface area contributed by atoms with Crippen LogP contribution in [0.15, 0.2) is 23.3 Å². The van der Waals surface area contributed by atoms with Gasteiger partial charge in [0.1, 0.15) is 5.69 Å². The number of hydrogen-bond donors (Lipinski definition) is 1. The van der Waals surface area contributed by atoms with E-state index in [1.54, 1.807) is 0 Å². The first-order chi connectivity index (χ1) is 11.6. The van der Waals surface area contributed by atoms with Gasteiger partial charge < -0.3 is 0 Å². The summed E-state index contributed by atoms with van der Waals surface area (Å²) in [5, 5.41) is 26.4. The summed E-state index contributed by atoms with van der Waals surface area (Å²) in [4.78, 5) is 20.7. The second-order valence-electron chi connectivity index (χ2n) is 6.47. The average molecular weight is 332 g/mol. The van der Waals surface area contributed by atoms with Crippen LogP contribution in [0.25, 0.3) is 0 Å². The lowest BCUT2D eigenvalue weighted by molar-refractivity contribution is -0.393. The van der Waals surface area contributed by atoms with Crippen molar-refractivity contribution in [3.63, 3.8) is 0 Å². The number of nitro benzene ring substituents is 2. The van der Waals surface area contributed by atoms with Crippen LogP contribution in [0.1, 0.15) is 44.9 Å². The molecule has 1 N–H and O–H groups in total. The summed E-state index contributed by atoms with van der Waals surface area (Å²) < 4.78 is 0. The molecule has 24 heavy (non-hydrogen) atoms. The molecule has 1 aromatic rings. The van der Waals surface area contributed by atoms with Crippen molar-refractivity contribution in [2.45, 2.75) is 44.9 Å². The van der Waals surface area contributed by atoms with Gasteiger partial charge in [0.15, 0.2) is 0 Å². The van der Waals surface area contributed by atoms with E-state index in [0.717, 1.165) is 31.0 Å². The summed E-state index contributed by atoms with van der Waals surface area (Å²) in [6.45, 7) is 0. The number of nitro groups is 2. The van der Waals surface area contributed by atoms with Crippen LogP contribution in [0, 0.1) is 32.1 Å². The molecule has 2 atom stereocenters. The van der Waals surface area contributed by atoms with Crippen LogP contribution in [0.4, 0.5) is 17.1 Å². The zero-order valence-corrected chi connectivity index (χ0v) is 13.3. The second-order valence-corrected chi connectivity index (χ2v) is 6.47. The first-order valence-electron chi connectivity index (χ1n) is 8.31. The maximum Gasteiger partial charge on any atom is 0.301 e. The third-order valence-corrected chi connectivity index (χ3v) is 5.05. The first kappa shape index (κ1) is 16.4. The number of benzene rings is 1. The van der Waals surface area contributed by atoms with E-state index < -0.39 is 9.85 Å². The van der Waals surface area contributed by atoms with Crippen LogP contribution < -0.4 is 5.43 Å². The number of hydrazone groups is 1. The highest BCUT2D eigenvalue weighted by atomic mass is 16.6. The monoisotopic (exact) mass is 332 g/mol. The van der Waals surface area contributed by atoms with E-state index in [2.05, 4.69) is 10.5 Å². The van der Waals surface area contributed by atoms with E-state index in [1.165, 1.54) is 37.8 Å². The molecule has 3 rings (SSSR count). The van der Waals surface area contributed by atoms with Crippen LogP contribution in [-0.4, -0.2) is 15.6 Å². The summed E-state index contributed by atoms with van der Waals surface area (Å²) in [6, 6.07) is 3.56. The van der Waals surface area contributed by atoms with Crippen molar-refractivity contribution in [1.29, 1.82) is 0 Å². The highest BCUT2D eigenvalue weighted by molar-refractivity contribution is 5.88. The number of hydrogen-bond acceptors (Lipinski definition) is 6. The van der Waals surface area contributed by atoms with Gasteiger partial charge in [-0.2, -0.15) is 5.10 Å². The molecular formula is C16H20N4O4. The summed E-state index contributed by atoms with van der Waals surface area (Å²) in [5.41, 5.74) is 3.43. The maximum absolute atomic E-state index is 11.2. The molecule has 2 unspecified atom stereocenters. The van der Waals surface area contributed by atoms with Gasteiger partial charge in [0.2, 0.25) is 0 Å². The van der Waals surface area contributed by atoms with E-state index >= 15 is 0 Å². The predicted molar refractivity (Wildman–Crippen MR) is 90.1 cm³/mol. The molecule has 128 valence electrons. The maximum atomic E-state index is 11.2. The number of fused-ring (bicyclic) bond motifs is 1. The van der Waals surface area contributed by atoms with Crippen molar-refractivity contribution in [1.82, 2.24) is 0 Å². The van der Waals surface area contributed by atoms with E-state index in [-0.39, 0.29) is 17.1 Å². The number of nitrogens with zero attached hydrogens (tertiary/aromatic N) is 3. The number of nitrogens with one attached hydrogen (secondary N) is 1. The Morgan fingerprint density at radius 2 is 1.79 bits per heavy atom. The molecule has 8 heteroatoms. The Balaban J connectivity index is 1.82. The molecule has 8 nitrogen and oxygen atoms in total. The molecule has 0 heterocycles. The van der Waals surface area contributed by atoms with Crippen LogP contribution in [0.5, 0.6) is 0 Å².